The summed E-state index contributed by atoms with van der Waals surface area (Å²) in [6, 6.07) is 8.20. The molecule has 130 valence electrons. The van der Waals surface area contributed by atoms with Crippen molar-refractivity contribution in [2.24, 2.45) is 11.1 Å². The number of carbonyl (C=O) groups is 1. The number of carbonyl (C=O) groups excluding carboxylic acids is 1. The summed E-state index contributed by atoms with van der Waals surface area (Å²) in [6.07, 6.45) is 6.57. The highest BCUT2D eigenvalue weighted by Crippen LogP contribution is 2.38. The molecular formula is C17H27Cl2N3O. The molecule has 3 N–H and O–H groups in total. The van der Waals surface area contributed by atoms with Crippen LogP contribution in [-0.2, 0) is 4.79 Å². The summed E-state index contributed by atoms with van der Waals surface area (Å²) >= 11 is 0. The van der Waals surface area contributed by atoms with E-state index < -0.39 is 0 Å². The topological polar surface area (TPSA) is 58.4 Å². The van der Waals surface area contributed by atoms with E-state index in [0.717, 1.165) is 44.5 Å². The molecule has 1 heterocycles. The zero-order valence-corrected chi connectivity index (χ0v) is 15.1. The van der Waals surface area contributed by atoms with E-state index in [2.05, 4.69) is 22.3 Å². The van der Waals surface area contributed by atoms with E-state index in [1.807, 2.05) is 12.1 Å². The van der Waals surface area contributed by atoms with Gasteiger partial charge in [-0.3, -0.25) is 4.79 Å². The van der Waals surface area contributed by atoms with Crippen LogP contribution >= 0.6 is 24.8 Å². The highest BCUT2D eigenvalue weighted by Gasteiger charge is 2.39. The van der Waals surface area contributed by atoms with E-state index in [4.69, 9.17) is 5.73 Å². The van der Waals surface area contributed by atoms with Crippen molar-refractivity contribution in [2.75, 3.05) is 29.9 Å². The van der Waals surface area contributed by atoms with E-state index >= 15 is 0 Å². The van der Waals surface area contributed by atoms with Crippen molar-refractivity contribution < 1.29 is 4.79 Å². The zero-order chi connectivity index (χ0) is 14.7. The van der Waals surface area contributed by atoms with Gasteiger partial charge >= 0.3 is 0 Å². The Labute approximate surface area is 151 Å². The van der Waals surface area contributed by atoms with Crippen molar-refractivity contribution >= 4 is 42.1 Å². The fraction of sp³-hybridized carbons (Fsp3) is 0.588. The summed E-state index contributed by atoms with van der Waals surface area (Å²) < 4.78 is 0. The van der Waals surface area contributed by atoms with Crippen LogP contribution in [0.4, 0.5) is 11.4 Å². The predicted octanol–water partition coefficient (Wildman–Crippen LogP) is 3.59. The summed E-state index contributed by atoms with van der Waals surface area (Å²) in [5, 5.41) is 3.09. The first-order valence-corrected chi connectivity index (χ1v) is 8.10. The van der Waals surface area contributed by atoms with Gasteiger partial charge in [0.1, 0.15) is 0 Å². The number of nitrogens with one attached hydrogen (secondary N) is 1. The van der Waals surface area contributed by atoms with Gasteiger partial charge in [0.2, 0.25) is 5.91 Å². The Kier molecular flexibility index (Phi) is 7.65. The zero-order valence-electron chi connectivity index (χ0n) is 13.4. The average Bonchev–Trinajstić information content (AvgIpc) is 3.20. The van der Waals surface area contributed by atoms with Gasteiger partial charge in [-0.25, -0.2) is 0 Å². The summed E-state index contributed by atoms with van der Waals surface area (Å²) in [5.41, 5.74) is 7.64. The number of nitrogens with two attached hydrogens (primary N) is 1. The first-order chi connectivity index (χ1) is 10.2. The summed E-state index contributed by atoms with van der Waals surface area (Å²) in [7, 11) is 0. The molecule has 1 saturated heterocycles. The average molecular weight is 360 g/mol. The Balaban J connectivity index is 0.00000132. The number of nitrogens with zero attached hydrogens (tertiary/aromatic N) is 1. The van der Waals surface area contributed by atoms with Crippen LogP contribution in [-0.4, -0.2) is 25.5 Å². The summed E-state index contributed by atoms with van der Waals surface area (Å²) in [5.74, 6) is 0.0982. The fourth-order valence-electron chi connectivity index (χ4n) is 3.60. The van der Waals surface area contributed by atoms with Crippen molar-refractivity contribution in [2.45, 2.75) is 38.5 Å². The molecule has 1 aromatic rings. The minimum atomic E-state index is -0.344. The normalized spacial score (nSPS) is 18.9. The van der Waals surface area contributed by atoms with Crippen LogP contribution in [0, 0.1) is 5.41 Å². The lowest BCUT2D eigenvalue weighted by Gasteiger charge is -2.26. The number of amides is 1. The number of hydrogen-bond donors (Lipinski definition) is 2. The van der Waals surface area contributed by atoms with Crippen LogP contribution in [0.5, 0.6) is 0 Å². The van der Waals surface area contributed by atoms with Crippen LogP contribution in [0.15, 0.2) is 24.3 Å². The van der Waals surface area contributed by atoms with Crippen molar-refractivity contribution in [1.29, 1.82) is 0 Å². The molecule has 2 fully saturated rings. The quantitative estimate of drug-likeness (QED) is 0.863. The van der Waals surface area contributed by atoms with E-state index in [-0.39, 0.29) is 36.1 Å². The SMILES string of the molecule is Cl.Cl.NCC1(C(=O)Nc2cccc(N3CCCC3)c2)CCCC1. The summed E-state index contributed by atoms with van der Waals surface area (Å²) in [4.78, 5) is 15.0. The lowest BCUT2D eigenvalue weighted by molar-refractivity contribution is -0.124. The monoisotopic (exact) mass is 359 g/mol. The van der Waals surface area contributed by atoms with E-state index in [1.54, 1.807) is 0 Å². The highest BCUT2D eigenvalue weighted by atomic mass is 35.5. The molecule has 4 nitrogen and oxygen atoms in total. The van der Waals surface area contributed by atoms with Crippen molar-refractivity contribution in [3.63, 3.8) is 0 Å². The smallest absolute Gasteiger partial charge is 0.231 e. The van der Waals surface area contributed by atoms with Crippen molar-refractivity contribution in [3.8, 4) is 0 Å². The lowest BCUT2D eigenvalue weighted by Crippen LogP contribution is -2.40. The maximum atomic E-state index is 12.6. The van der Waals surface area contributed by atoms with Gasteiger partial charge < -0.3 is 16.0 Å². The van der Waals surface area contributed by atoms with E-state index in [0.29, 0.717) is 6.54 Å². The molecule has 6 heteroatoms. The predicted molar refractivity (Wildman–Crippen MR) is 101 cm³/mol. The van der Waals surface area contributed by atoms with E-state index in [1.165, 1.54) is 18.5 Å². The second-order valence-electron chi connectivity index (χ2n) is 6.39. The van der Waals surface area contributed by atoms with Crippen molar-refractivity contribution in [3.05, 3.63) is 24.3 Å². The van der Waals surface area contributed by atoms with E-state index in [9.17, 15) is 4.79 Å². The first-order valence-electron chi connectivity index (χ1n) is 8.10. The largest absolute Gasteiger partial charge is 0.371 e. The minimum absolute atomic E-state index is 0. The van der Waals surface area contributed by atoms with Gasteiger partial charge in [-0.15, -0.1) is 24.8 Å². The molecule has 0 radical (unpaired) electrons. The third-order valence-corrected chi connectivity index (χ3v) is 5.01. The molecule has 0 bridgehead atoms. The molecule has 2 aliphatic rings. The third kappa shape index (κ3) is 4.31. The number of rotatable bonds is 4. The molecule has 1 saturated carbocycles. The number of benzene rings is 1. The van der Waals surface area contributed by atoms with Crippen LogP contribution in [0.25, 0.3) is 0 Å². The Morgan fingerprint density at radius 3 is 2.39 bits per heavy atom. The van der Waals surface area contributed by atoms with Crippen LogP contribution in [0.2, 0.25) is 0 Å². The summed E-state index contributed by atoms with van der Waals surface area (Å²) in [6.45, 7) is 2.68. The number of hydrogen-bond acceptors (Lipinski definition) is 3. The molecular weight excluding hydrogens is 333 g/mol. The Hall–Kier alpha value is -0.970. The van der Waals surface area contributed by atoms with Gasteiger partial charge in [0.25, 0.3) is 0 Å². The van der Waals surface area contributed by atoms with Gasteiger partial charge in [0.15, 0.2) is 0 Å². The molecule has 3 rings (SSSR count). The van der Waals surface area contributed by atoms with Gasteiger partial charge in [-0.05, 0) is 43.9 Å². The van der Waals surface area contributed by atoms with Crippen LogP contribution < -0.4 is 16.0 Å². The van der Waals surface area contributed by atoms with Gasteiger partial charge in [-0.1, -0.05) is 18.9 Å². The Morgan fingerprint density at radius 2 is 1.78 bits per heavy atom. The second-order valence-corrected chi connectivity index (χ2v) is 6.39. The Bertz CT molecular complexity index is 512. The molecule has 0 atom stereocenters. The van der Waals surface area contributed by atoms with Gasteiger partial charge in [0.05, 0.1) is 5.41 Å². The van der Waals surface area contributed by atoms with Crippen LogP contribution in [0.3, 0.4) is 0 Å². The second kappa shape index (κ2) is 8.76. The number of halogens is 2. The molecule has 1 aliphatic carbocycles. The molecule has 1 aliphatic heterocycles. The molecule has 1 aromatic carbocycles. The molecule has 23 heavy (non-hydrogen) atoms. The molecule has 0 aromatic heterocycles. The lowest BCUT2D eigenvalue weighted by atomic mass is 9.85. The third-order valence-electron chi connectivity index (χ3n) is 5.01. The van der Waals surface area contributed by atoms with Crippen LogP contribution in [0.1, 0.15) is 38.5 Å². The number of anilines is 2. The van der Waals surface area contributed by atoms with Crippen molar-refractivity contribution in [1.82, 2.24) is 0 Å². The minimum Gasteiger partial charge on any atom is -0.371 e. The maximum Gasteiger partial charge on any atom is 0.231 e. The highest BCUT2D eigenvalue weighted by molar-refractivity contribution is 5.96. The first kappa shape index (κ1) is 20.1. The standard InChI is InChI=1S/C17H25N3O.2ClH/c18-13-17(8-1-2-9-17)16(21)19-14-6-5-7-15(12-14)20-10-3-4-11-20;;/h5-7,12H,1-4,8-11,13,18H2,(H,19,21);2*1H. The van der Waals surface area contributed by atoms with Gasteiger partial charge in [-0.2, -0.15) is 0 Å². The molecule has 1 amide bonds. The fourth-order valence-corrected chi connectivity index (χ4v) is 3.60. The maximum absolute atomic E-state index is 12.6. The molecule has 0 spiro atoms. The van der Waals surface area contributed by atoms with Gasteiger partial charge in [0, 0.05) is 31.0 Å². The molecule has 0 unspecified atom stereocenters. The Morgan fingerprint density at radius 1 is 1.13 bits per heavy atom.